The third kappa shape index (κ3) is 6.10. The number of fused-ring (bicyclic) bond motifs is 1. The Kier molecular flexibility index (Phi) is 8.60. The van der Waals surface area contributed by atoms with E-state index in [-0.39, 0.29) is 18.2 Å². The van der Waals surface area contributed by atoms with E-state index >= 15 is 0 Å². The highest BCUT2D eigenvalue weighted by atomic mass is 35.5. The number of ether oxygens (including phenoxy) is 1. The average molecular weight is 499 g/mol. The number of halogens is 1. The minimum Gasteiger partial charge on any atom is -0.497 e. The fourth-order valence-corrected chi connectivity index (χ4v) is 6.48. The van der Waals surface area contributed by atoms with Crippen molar-refractivity contribution in [3.63, 3.8) is 0 Å². The van der Waals surface area contributed by atoms with Crippen molar-refractivity contribution in [3.05, 3.63) is 64.3 Å². The van der Waals surface area contributed by atoms with Crippen LogP contribution >= 0.6 is 11.6 Å². The quantitative estimate of drug-likeness (QED) is 0.260. The monoisotopic (exact) mass is 498 g/mol. The second kappa shape index (κ2) is 11.2. The molecule has 5 nitrogen and oxygen atoms in total. The van der Waals surface area contributed by atoms with Gasteiger partial charge in [-0.2, -0.15) is 0 Å². The van der Waals surface area contributed by atoms with Gasteiger partial charge in [-0.05, 0) is 55.0 Å². The van der Waals surface area contributed by atoms with Crippen LogP contribution in [0.1, 0.15) is 47.8 Å². The summed E-state index contributed by atoms with van der Waals surface area (Å²) in [5.41, 5.74) is 2.91. The first-order chi connectivity index (χ1) is 16.2. The lowest BCUT2D eigenvalue weighted by molar-refractivity contribution is -0.120. The molecular weight excluding hydrogens is 464 g/mol. The Bertz CT molecular complexity index is 1170. The third-order valence-electron chi connectivity index (χ3n) is 6.39. The van der Waals surface area contributed by atoms with Crippen LogP contribution in [0.2, 0.25) is 24.2 Å². The van der Waals surface area contributed by atoms with Crippen molar-refractivity contribution in [2.24, 2.45) is 0 Å². The second-order valence-corrected chi connectivity index (χ2v) is 15.3. The molecule has 0 fully saturated rings. The smallest absolute Gasteiger partial charge is 0.262 e. The molecule has 7 heteroatoms. The maximum atomic E-state index is 13.4. The van der Waals surface area contributed by atoms with E-state index in [0.29, 0.717) is 16.3 Å². The number of carbonyl (C=O) groups excluding carboxylic acids is 2. The molecule has 1 amide bonds. The molecule has 0 bridgehead atoms. The SMILES string of the molecule is CCCCC[Si](C)(C)CNC(=O)Cc1c(C)n(C(=O)c2ccc(Cl)cc2)c2ccc(OC)cc12. The van der Waals surface area contributed by atoms with Gasteiger partial charge >= 0.3 is 0 Å². The zero-order valence-corrected chi connectivity index (χ0v) is 22.6. The van der Waals surface area contributed by atoms with Gasteiger partial charge in [-0.3, -0.25) is 14.2 Å². The highest BCUT2D eigenvalue weighted by Gasteiger charge is 2.24. The molecule has 182 valence electrons. The molecule has 0 radical (unpaired) electrons. The molecule has 3 rings (SSSR count). The van der Waals surface area contributed by atoms with Crippen LogP contribution in [0, 0.1) is 6.92 Å². The molecule has 0 saturated heterocycles. The van der Waals surface area contributed by atoms with Gasteiger partial charge in [-0.1, -0.05) is 56.9 Å². The zero-order valence-electron chi connectivity index (χ0n) is 20.8. The molecule has 34 heavy (non-hydrogen) atoms. The molecular formula is C27H35ClN2O3Si. The van der Waals surface area contributed by atoms with Gasteiger partial charge in [0.2, 0.25) is 5.91 Å². The summed E-state index contributed by atoms with van der Waals surface area (Å²) in [6, 6.07) is 13.7. The largest absolute Gasteiger partial charge is 0.497 e. The number of methoxy groups -OCH3 is 1. The molecule has 0 atom stereocenters. The van der Waals surface area contributed by atoms with Crippen LogP contribution in [0.5, 0.6) is 5.75 Å². The molecule has 2 aromatic carbocycles. The number of hydrogen-bond donors (Lipinski definition) is 1. The summed E-state index contributed by atoms with van der Waals surface area (Å²) < 4.78 is 7.11. The van der Waals surface area contributed by atoms with Crippen LogP contribution < -0.4 is 10.1 Å². The molecule has 0 unspecified atom stereocenters. The minimum atomic E-state index is -1.49. The van der Waals surface area contributed by atoms with Crippen LogP contribution in [-0.2, 0) is 11.2 Å². The number of unbranched alkanes of at least 4 members (excludes halogenated alkanes) is 2. The normalized spacial score (nSPS) is 11.6. The first kappa shape index (κ1) is 26.0. The standard InChI is InChI=1S/C27H35ClN2O3Si/c1-6-7-8-15-34(4,5)18-29-26(31)17-23-19(2)30(25-14-13-22(33-3)16-24(23)25)27(32)20-9-11-21(28)12-10-20/h9-14,16H,6-8,15,17-18H2,1-5H3,(H,29,31). The van der Waals surface area contributed by atoms with Gasteiger partial charge in [0.15, 0.2) is 0 Å². The first-order valence-corrected chi connectivity index (χ1v) is 15.7. The maximum absolute atomic E-state index is 13.4. The molecule has 0 aliphatic heterocycles. The van der Waals surface area contributed by atoms with E-state index in [1.807, 2.05) is 25.1 Å². The predicted octanol–water partition coefficient (Wildman–Crippen LogP) is 6.40. The van der Waals surface area contributed by atoms with E-state index in [4.69, 9.17) is 16.3 Å². The summed E-state index contributed by atoms with van der Waals surface area (Å²) in [6.45, 7) is 8.76. The molecule has 0 saturated carbocycles. The Morgan fingerprint density at radius 1 is 1.09 bits per heavy atom. The van der Waals surface area contributed by atoms with E-state index in [0.717, 1.165) is 28.3 Å². The molecule has 0 aliphatic rings. The summed E-state index contributed by atoms with van der Waals surface area (Å²) in [4.78, 5) is 26.4. The van der Waals surface area contributed by atoms with Gasteiger partial charge < -0.3 is 10.1 Å². The average Bonchev–Trinajstić information content (AvgIpc) is 3.08. The third-order valence-corrected chi connectivity index (χ3v) is 9.49. The van der Waals surface area contributed by atoms with E-state index in [1.165, 1.54) is 25.3 Å². The fourth-order valence-electron chi connectivity index (χ4n) is 4.30. The number of amides is 1. The molecule has 0 spiro atoms. The van der Waals surface area contributed by atoms with E-state index in [1.54, 1.807) is 35.9 Å². The van der Waals surface area contributed by atoms with Crippen molar-refractivity contribution < 1.29 is 14.3 Å². The van der Waals surface area contributed by atoms with Crippen LogP contribution in [-0.4, -0.2) is 37.7 Å². The minimum absolute atomic E-state index is 0.0139. The zero-order chi connectivity index (χ0) is 24.9. The molecule has 0 aliphatic carbocycles. The van der Waals surface area contributed by atoms with E-state index in [9.17, 15) is 9.59 Å². The van der Waals surface area contributed by atoms with Gasteiger partial charge in [-0.15, -0.1) is 0 Å². The summed E-state index contributed by atoms with van der Waals surface area (Å²) in [5.74, 6) is 0.523. The molecule has 3 aromatic rings. The van der Waals surface area contributed by atoms with Crippen molar-refractivity contribution in [3.8, 4) is 5.75 Å². The molecule has 1 aromatic heterocycles. The van der Waals surface area contributed by atoms with Crippen LogP contribution in [0.4, 0.5) is 0 Å². The van der Waals surface area contributed by atoms with Crippen molar-refractivity contribution in [1.29, 1.82) is 0 Å². The Balaban J connectivity index is 1.89. The molecule has 1 heterocycles. The topological polar surface area (TPSA) is 60.3 Å². The van der Waals surface area contributed by atoms with Gasteiger partial charge in [0.1, 0.15) is 5.75 Å². The Morgan fingerprint density at radius 3 is 2.44 bits per heavy atom. The highest BCUT2D eigenvalue weighted by Crippen LogP contribution is 2.31. The van der Waals surface area contributed by atoms with Gasteiger partial charge in [0, 0.05) is 27.8 Å². The fraction of sp³-hybridized carbons (Fsp3) is 0.407. The number of carbonyl (C=O) groups is 2. The summed E-state index contributed by atoms with van der Waals surface area (Å²) >= 11 is 6.01. The summed E-state index contributed by atoms with van der Waals surface area (Å²) in [6.07, 6.45) is 4.66. The Hall–Kier alpha value is -2.57. The Morgan fingerprint density at radius 2 is 1.79 bits per heavy atom. The van der Waals surface area contributed by atoms with E-state index in [2.05, 4.69) is 25.3 Å². The summed E-state index contributed by atoms with van der Waals surface area (Å²) in [5, 5.41) is 4.61. The van der Waals surface area contributed by atoms with Crippen LogP contribution in [0.15, 0.2) is 42.5 Å². The van der Waals surface area contributed by atoms with Crippen molar-refractivity contribution in [2.75, 3.05) is 13.3 Å². The maximum Gasteiger partial charge on any atom is 0.262 e. The number of hydrogen-bond acceptors (Lipinski definition) is 3. The number of benzene rings is 2. The van der Waals surface area contributed by atoms with Crippen LogP contribution in [0.3, 0.4) is 0 Å². The second-order valence-electron chi connectivity index (χ2n) is 9.67. The summed E-state index contributed by atoms with van der Waals surface area (Å²) in [7, 11) is 0.127. The van der Waals surface area contributed by atoms with Crippen molar-refractivity contribution in [1.82, 2.24) is 9.88 Å². The highest BCUT2D eigenvalue weighted by molar-refractivity contribution is 6.77. The lowest BCUT2D eigenvalue weighted by Gasteiger charge is -2.22. The van der Waals surface area contributed by atoms with Gasteiger partial charge in [0.25, 0.3) is 5.91 Å². The first-order valence-electron chi connectivity index (χ1n) is 11.9. The molecule has 1 N–H and O–H groups in total. The van der Waals surface area contributed by atoms with Gasteiger partial charge in [-0.25, -0.2) is 0 Å². The number of rotatable bonds is 10. The van der Waals surface area contributed by atoms with Crippen molar-refractivity contribution in [2.45, 2.75) is 58.7 Å². The number of aromatic nitrogens is 1. The Labute approximate surface area is 208 Å². The predicted molar refractivity (Wildman–Crippen MR) is 143 cm³/mol. The van der Waals surface area contributed by atoms with Gasteiger partial charge in [0.05, 0.1) is 27.1 Å². The van der Waals surface area contributed by atoms with E-state index < -0.39 is 8.07 Å². The van der Waals surface area contributed by atoms with Crippen molar-refractivity contribution >= 4 is 42.4 Å². The number of nitrogens with zero attached hydrogens (tertiary/aromatic N) is 1. The number of nitrogens with one attached hydrogen (secondary N) is 1. The lowest BCUT2D eigenvalue weighted by atomic mass is 10.1. The lowest BCUT2D eigenvalue weighted by Crippen LogP contribution is -2.42. The van der Waals surface area contributed by atoms with Crippen LogP contribution in [0.25, 0.3) is 10.9 Å².